The van der Waals surface area contributed by atoms with Gasteiger partial charge >= 0.3 is 0 Å². The Balaban J connectivity index is 2.18. The van der Waals surface area contributed by atoms with Crippen LogP contribution < -0.4 is 10.9 Å². The van der Waals surface area contributed by atoms with Crippen molar-refractivity contribution in [1.29, 1.82) is 0 Å². The van der Waals surface area contributed by atoms with Crippen molar-refractivity contribution in [2.45, 2.75) is 25.9 Å². The van der Waals surface area contributed by atoms with Gasteiger partial charge < -0.3 is 14.6 Å². The first-order valence-corrected chi connectivity index (χ1v) is 6.51. The van der Waals surface area contributed by atoms with Crippen LogP contribution in [0.1, 0.15) is 13.3 Å². The molecule has 0 aliphatic heterocycles. The van der Waals surface area contributed by atoms with E-state index in [1.165, 1.54) is 0 Å². The molecule has 1 atom stereocenters. The third-order valence-corrected chi connectivity index (χ3v) is 3.01. The van der Waals surface area contributed by atoms with Crippen molar-refractivity contribution in [1.82, 2.24) is 19.5 Å². The zero-order valence-electron chi connectivity index (χ0n) is 11.4. The van der Waals surface area contributed by atoms with E-state index in [0.29, 0.717) is 18.7 Å². The summed E-state index contributed by atoms with van der Waals surface area (Å²) < 4.78 is 8.47. The van der Waals surface area contributed by atoms with Crippen LogP contribution in [0.15, 0.2) is 29.5 Å². The highest BCUT2D eigenvalue weighted by Gasteiger charge is 2.10. The highest BCUT2D eigenvalue weighted by atomic mass is 16.5. The summed E-state index contributed by atoms with van der Waals surface area (Å²) in [5.41, 5.74) is 0.563. The van der Waals surface area contributed by atoms with Crippen LogP contribution in [-0.2, 0) is 11.3 Å². The highest BCUT2D eigenvalue weighted by molar-refractivity contribution is 5.42. The second-order valence-corrected chi connectivity index (χ2v) is 4.52. The minimum absolute atomic E-state index is 0.0283. The lowest BCUT2D eigenvalue weighted by molar-refractivity contribution is 0.158. The summed E-state index contributed by atoms with van der Waals surface area (Å²) in [7, 11) is 1.67. The first kappa shape index (κ1) is 13.8. The Morgan fingerprint density at radius 2 is 2.32 bits per heavy atom. The third-order valence-electron chi connectivity index (χ3n) is 3.01. The molecule has 0 spiro atoms. The molecule has 1 unspecified atom stereocenters. The minimum atomic E-state index is -0.0283. The lowest BCUT2D eigenvalue weighted by Gasteiger charge is -2.18. The van der Waals surface area contributed by atoms with Crippen molar-refractivity contribution < 1.29 is 4.74 Å². The predicted molar refractivity (Wildman–Crippen MR) is 73.4 cm³/mol. The normalized spacial score (nSPS) is 12.9. The second kappa shape index (κ2) is 6.49. The van der Waals surface area contributed by atoms with Crippen LogP contribution in [0, 0.1) is 0 Å². The van der Waals surface area contributed by atoms with E-state index in [9.17, 15) is 4.79 Å². The van der Waals surface area contributed by atoms with Crippen LogP contribution in [0.5, 0.6) is 0 Å². The van der Waals surface area contributed by atoms with Gasteiger partial charge in [-0.1, -0.05) is 6.92 Å². The Morgan fingerprint density at radius 3 is 3.05 bits per heavy atom. The molecule has 0 aliphatic carbocycles. The van der Waals surface area contributed by atoms with E-state index in [-0.39, 0.29) is 11.6 Å². The highest BCUT2D eigenvalue weighted by Crippen LogP contribution is 1.97. The van der Waals surface area contributed by atoms with Gasteiger partial charge in [-0.25, -0.2) is 4.52 Å². The van der Waals surface area contributed by atoms with Gasteiger partial charge in [-0.05, 0) is 19.0 Å². The Labute approximate surface area is 112 Å². The van der Waals surface area contributed by atoms with E-state index in [2.05, 4.69) is 17.3 Å². The van der Waals surface area contributed by atoms with Gasteiger partial charge in [0.15, 0.2) is 0 Å². The maximum atomic E-state index is 12.2. The van der Waals surface area contributed by atoms with Crippen molar-refractivity contribution >= 4 is 5.52 Å². The monoisotopic (exact) mass is 264 g/mol. The Bertz CT molecular complexity index is 575. The molecule has 1 N–H and O–H groups in total. The van der Waals surface area contributed by atoms with Crippen molar-refractivity contribution in [3.05, 3.63) is 35.0 Å². The van der Waals surface area contributed by atoms with E-state index in [0.717, 1.165) is 13.0 Å². The maximum absolute atomic E-state index is 12.2. The van der Waals surface area contributed by atoms with Crippen molar-refractivity contribution in [2.24, 2.45) is 0 Å². The van der Waals surface area contributed by atoms with Crippen molar-refractivity contribution in [3.8, 4) is 0 Å². The van der Waals surface area contributed by atoms with E-state index in [4.69, 9.17) is 4.74 Å². The molecule has 0 aliphatic rings. The molecular formula is C13H20N4O2. The largest absolute Gasteiger partial charge is 0.383 e. The van der Waals surface area contributed by atoms with Crippen LogP contribution >= 0.6 is 0 Å². The summed E-state index contributed by atoms with van der Waals surface area (Å²) >= 11 is 0. The summed E-state index contributed by atoms with van der Waals surface area (Å²) in [5.74, 6) is 0. The molecule has 104 valence electrons. The zero-order chi connectivity index (χ0) is 13.7. The van der Waals surface area contributed by atoms with Gasteiger partial charge in [-0.2, -0.15) is 5.10 Å². The maximum Gasteiger partial charge on any atom is 0.276 e. The Kier molecular flexibility index (Phi) is 4.70. The van der Waals surface area contributed by atoms with Crippen LogP contribution in [0.3, 0.4) is 0 Å². The molecule has 2 rings (SSSR count). The quantitative estimate of drug-likeness (QED) is 0.791. The molecule has 0 bridgehead atoms. The molecule has 19 heavy (non-hydrogen) atoms. The lowest BCUT2D eigenvalue weighted by Crippen LogP contribution is -2.40. The van der Waals surface area contributed by atoms with Crippen molar-refractivity contribution in [2.75, 3.05) is 20.3 Å². The first-order chi connectivity index (χ1) is 9.26. The number of methoxy groups -OCH3 is 1. The summed E-state index contributed by atoms with van der Waals surface area (Å²) in [4.78, 5) is 12.2. The third kappa shape index (κ3) is 3.21. The van der Waals surface area contributed by atoms with E-state index in [1.807, 2.05) is 0 Å². The number of hydrogen-bond donors (Lipinski definition) is 1. The molecule has 2 aromatic rings. The average molecular weight is 264 g/mol. The van der Waals surface area contributed by atoms with Crippen molar-refractivity contribution in [3.63, 3.8) is 0 Å². The summed E-state index contributed by atoms with van der Waals surface area (Å²) in [6, 6.07) is 1.86. The van der Waals surface area contributed by atoms with Crippen LogP contribution in [0.2, 0.25) is 0 Å². The van der Waals surface area contributed by atoms with E-state index < -0.39 is 0 Å². The fourth-order valence-corrected chi connectivity index (χ4v) is 2.07. The fourth-order valence-electron chi connectivity index (χ4n) is 2.07. The molecule has 2 aromatic heterocycles. The zero-order valence-corrected chi connectivity index (χ0v) is 11.4. The fraction of sp³-hybridized carbons (Fsp3) is 0.538. The number of nitrogens with one attached hydrogen (secondary N) is 1. The van der Waals surface area contributed by atoms with Crippen LogP contribution in [0.25, 0.3) is 5.52 Å². The minimum Gasteiger partial charge on any atom is -0.383 e. The summed E-state index contributed by atoms with van der Waals surface area (Å²) in [5, 5.41) is 7.43. The van der Waals surface area contributed by atoms with Gasteiger partial charge in [-0.15, -0.1) is 0 Å². The van der Waals surface area contributed by atoms with Crippen LogP contribution in [0.4, 0.5) is 0 Å². The molecule has 0 radical (unpaired) electrons. The molecule has 0 saturated carbocycles. The number of nitrogens with zero attached hydrogens (tertiary/aromatic N) is 3. The topological polar surface area (TPSA) is 60.6 Å². The molecule has 2 heterocycles. The summed E-state index contributed by atoms with van der Waals surface area (Å²) in [6.45, 7) is 4.20. The Morgan fingerprint density at radius 1 is 1.47 bits per heavy atom. The molecule has 0 aromatic carbocycles. The predicted octanol–water partition coefficient (Wildman–Crippen LogP) is 0.511. The number of rotatable bonds is 7. The number of ether oxygens (including phenoxy) is 1. The molecule has 0 fully saturated rings. The van der Waals surface area contributed by atoms with Gasteiger partial charge in [0, 0.05) is 32.1 Å². The van der Waals surface area contributed by atoms with Gasteiger partial charge in [0.25, 0.3) is 5.56 Å². The Hall–Kier alpha value is -1.66. The SMILES string of the molecule is CCCNC(COC)Cn1ccn2nccc2c1=O. The number of aromatic nitrogens is 3. The molecule has 0 saturated heterocycles. The van der Waals surface area contributed by atoms with E-state index >= 15 is 0 Å². The van der Waals surface area contributed by atoms with E-state index in [1.54, 1.807) is 40.8 Å². The van der Waals surface area contributed by atoms with Gasteiger partial charge in [-0.3, -0.25) is 4.79 Å². The lowest BCUT2D eigenvalue weighted by atomic mass is 10.3. The summed E-state index contributed by atoms with van der Waals surface area (Å²) in [6.07, 6.45) is 6.23. The standard InChI is InChI=1S/C13H20N4O2/c1-3-5-14-11(10-19-2)9-16-7-8-17-12(13(16)18)4-6-15-17/h4,6-8,11,14H,3,5,9-10H2,1-2H3. The van der Waals surface area contributed by atoms with Gasteiger partial charge in [0.1, 0.15) is 5.52 Å². The average Bonchev–Trinajstić information content (AvgIpc) is 2.88. The molecule has 6 nitrogen and oxygen atoms in total. The number of fused-ring (bicyclic) bond motifs is 1. The van der Waals surface area contributed by atoms with Gasteiger partial charge in [0.2, 0.25) is 0 Å². The second-order valence-electron chi connectivity index (χ2n) is 4.52. The molecular weight excluding hydrogens is 244 g/mol. The molecule has 0 amide bonds. The smallest absolute Gasteiger partial charge is 0.276 e. The van der Waals surface area contributed by atoms with Gasteiger partial charge in [0.05, 0.1) is 12.8 Å². The van der Waals surface area contributed by atoms with Crippen LogP contribution in [-0.4, -0.2) is 40.5 Å². The number of hydrogen-bond acceptors (Lipinski definition) is 4. The first-order valence-electron chi connectivity index (χ1n) is 6.51. The molecule has 6 heteroatoms.